The second kappa shape index (κ2) is 3.87. The summed E-state index contributed by atoms with van der Waals surface area (Å²) < 4.78 is 13.7. The fourth-order valence-corrected chi connectivity index (χ4v) is 2.23. The van der Waals surface area contributed by atoms with Crippen molar-refractivity contribution in [1.29, 1.82) is 0 Å². The molecule has 0 spiro atoms. The Morgan fingerprint density at radius 2 is 2.19 bits per heavy atom. The number of carbonyl (C=O) groups is 1. The number of nitrogens with two attached hydrogens (primary N) is 1. The van der Waals surface area contributed by atoms with Crippen molar-refractivity contribution in [3.05, 3.63) is 35.1 Å². The van der Waals surface area contributed by atoms with Gasteiger partial charge in [0.05, 0.1) is 6.04 Å². The maximum atomic E-state index is 13.7. The highest BCUT2D eigenvalue weighted by molar-refractivity contribution is 5.80. The van der Waals surface area contributed by atoms with Gasteiger partial charge in [-0.2, -0.15) is 0 Å². The van der Waals surface area contributed by atoms with E-state index in [0.29, 0.717) is 5.56 Å². The summed E-state index contributed by atoms with van der Waals surface area (Å²) in [5.41, 5.74) is 7.37. The number of likely N-dealkylation sites (N-methyl/N-ethyl adjacent to an activating group) is 1. The second-order valence-electron chi connectivity index (χ2n) is 4.34. The molecule has 0 radical (unpaired) electrons. The van der Waals surface area contributed by atoms with Gasteiger partial charge in [0.15, 0.2) is 0 Å². The second-order valence-corrected chi connectivity index (χ2v) is 4.34. The van der Waals surface area contributed by atoms with Gasteiger partial charge >= 0.3 is 0 Å². The van der Waals surface area contributed by atoms with E-state index >= 15 is 0 Å². The van der Waals surface area contributed by atoms with Crippen LogP contribution in [0.3, 0.4) is 0 Å². The van der Waals surface area contributed by atoms with E-state index in [0.717, 1.165) is 5.56 Å². The fraction of sp³-hybridized carbons (Fsp3) is 0.417. The van der Waals surface area contributed by atoms with E-state index in [-0.39, 0.29) is 30.2 Å². The highest BCUT2D eigenvalue weighted by atomic mass is 19.1. The van der Waals surface area contributed by atoms with Crippen LogP contribution in [0, 0.1) is 12.7 Å². The van der Waals surface area contributed by atoms with Gasteiger partial charge in [-0.15, -0.1) is 0 Å². The lowest BCUT2D eigenvalue weighted by Gasteiger charge is -2.24. The van der Waals surface area contributed by atoms with Crippen molar-refractivity contribution in [2.24, 2.45) is 5.73 Å². The van der Waals surface area contributed by atoms with Gasteiger partial charge in [-0.05, 0) is 13.0 Å². The Kier molecular flexibility index (Phi) is 2.68. The number of hydrogen-bond acceptors (Lipinski definition) is 2. The molecule has 2 N–H and O–H groups in total. The van der Waals surface area contributed by atoms with Crippen LogP contribution in [0.4, 0.5) is 4.39 Å². The highest BCUT2D eigenvalue weighted by Crippen LogP contribution is 2.32. The zero-order valence-electron chi connectivity index (χ0n) is 9.40. The molecule has 16 heavy (non-hydrogen) atoms. The molecule has 1 aliphatic rings. The van der Waals surface area contributed by atoms with Gasteiger partial charge in [0.2, 0.25) is 5.91 Å². The summed E-state index contributed by atoms with van der Waals surface area (Å²) in [6.07, 6.45) is 0.286. The molecule has 1 fully saturated rings. The van der Waals surface area contributed by atoms with E-state index in [4.69, 9.17) is 5.73 Å². The molecule has 1 amide bonds. The van der Waals surface area contributed by atoms with E-state index < -0.39 is 0 Å². The van der Waals surface area contributed by atoms with Gasteiger partial charge in [-0.3, -0.25) is 4.79 Å². The van der Waals surface area contributed by atoms with Crippen molar-refractivity contribution in [1.82, 2.24) is 4.90 Å². The molecule has 3 nitrogen and oxygen atoms in total. The molecule has 1 aromatic rings. The molecule has 1 saturated heterocycles. The third-order valence-corrected chi connectivity index (χ3v) is 3.10. The first-order valence-corrected chi connectivity index (χ1v) is 5.28. The summed E-state index contributed by atoms with van der Waals surface area (Å²) >= 11 is 0. The van der Waals surface area contributed by atoms with Gasteiger partial charge in [-0.25, -0.2) is 4.39 Å². The third kappa shape index (κ3) is 1.69. The standard InChI is InChI=1S/C12H15FN2O/c1-7-3-4-9(13)8(5-7)12-10(14)6-11(16)15(12)2/h3-5,10,12H,6,14H2,1-2H3. The SMILES string of the molecule is Cc1ccc(F)c(C2C(N)CC(=O)N2C)c1. The fourth-order valence-electron chi connectivity index (χ4n) is 2.23. The van der Waals surface area contributed by atoms with Crippen LogP contribution in [0.15, 0.2) is 18.2 Å². The van der Waals surface area contributed by atoms with Crippen LogP contribution in [0.1, 0.15) is 23.6 Å². The van der Waals surface area contributed by atoms with Crippen LogP contribution >= 0.6 is 0 Å². The molecule has 86 valence electrons. The van der Waals surface area contributed by atoms with E-state index in [9.17, 15) is 9.18 Å². The van der Waals surface area contributed by atoms with Crippen LogP contribution in [-0.4, -0.2) is 23.9 Å². The number of amides is 1. The Morgan fingerprint density at radius 3 is 2.75 bits per heavy atom. The van der Waals surface area contributed by atoms with E-state index in [1.807, 2.05) is 6.92 Å². The third-order valence-electron chi connectivity index (χ3n) is 3.10. The summed E-state index contributed by atoms with van der Waals surface area (Å²) in [6.45, 7) is 1.89. The predicted molar refractivity (Wildman–Crippen MR) is 59.2 cm³/mol. The monoisotopic (exact) mass is 222 g/mol. The Morgan fingerprint density at radius 1 is 1.50 bits per heavy atom. The molecule has 2 rings (SSSR count). The van der Waals surface area contributed by atoms with E-state index in [1.165, 1.54) is 11.0 Å². The van der Waals surface area contributed by atoms with Crippen LogP contribution in [0.5, 0.6) is 0 Å². The highest BCUT2D eigenvalue weighted by Gasteiger charge is 2.37. The summed E-state index contributed by atoms with van der Waals surface area (Å²) in [7, 11) is 1.67. The number of carbonyl (C=O) groups excluding carboxylic acids is 1. The quantitative estimate of drug-likeness (QED) is 0.780. The number of likely N-dealkylation sites (tertiary alicyclic amines) is 1. The smallest absolute Gasteiger partial charge is 0.224 e. The number of hydrogen-bond donors (Lipinski definition) is 1. The lowest BCUT2D eigenvalue weighted by atomic mass is 9.98. The number of aryl methyl sites for hydroxylation is 1. The predicted octanol–water partition coefficient (Wildman–Crippen LogP) is 1.36. The summed E-state index contributed by atoms with van der Waals surface area (Å²) in [4.78, 5) is 13.0. The molecule has 0 aliphatic carbocycles. The Bertz CT molecular complexity index is 433. The molecule has 4 heteroatoms. The first kappa shape index (κ1) is 11.1. The zero-order chi connectivity index (χ0) is 11.9. The van der Waals surface area contributed by atoms with Gasteiger partial charge in [-0.1, -0.05) is 17.7 Å². The number of halogens is 1. The molecule has 1 aromatic carbocycles. The van der Waals surface area contributed by atoms with Crippen LogP contribution < -0.4 is 5.73 Å². The van der Waals surface area contributed by atoms with Crippen molar-refractivity contribution >= 4 is 5.91 Å². The van der Waals surface area contributed by atoms with Crippen LogP contribution in [0.2, 0.25) is 0 Å². The normalized spacial score (nSPS) is 25.2. The Labute approximate surface area is 94.0 Å². The van der Waals surface area contributed by atoms with E-state index in [2.05, 4.69) is 0 Å². The molecule has 0 aromatic heterocycles. The lowest BCUT2D eigenvalue weighted by Crippen LogP contribution is -2.31. The van der Waals surface area contributed by atoms with Gasteiger partial charge in [0.25, 0.3) is 0 Å². The van der Waals surface area contributed by atoms with Crippen molar-refractivity contribution in [3.8, 4) is 0 Å². The number of rotatable bonds is 1. The van der Waals surface area contributed by atoms with Gasteiger partial charge in [0, 0.05) is 25.1 Å². The lowest BCUT2D eigenvalue weighted by molar-refractivity contribution is -0.127. The minimum atomic E-state index is -0.340. The summed E-state index contributed by atoms with van der Waals surface area (Å²) in [5, 5.41) is 0. The van der Waals surface area contributed by atoms with Gasteiger partial charge < -0.3 is 10.6 Å². The Hall–Kier alpha value is -1.42. The molecule has 1 heterocycles. The molecule has 1 aliphatic heterocycles. The number of benzene rings is 1. The van der Waals surface area contributed by atoms with Crippen molar-refractivity contribution in [2.45, 2.75) is 25.4 Å². The molecule has 0 saturated carbocycles. The molecule has 2 unspecified atom stereocenters. The van der Waals surface area contributed by atoms with Crippen LogP contribution in [0.25, 0.3) is 0 Å². The maximum absolute atomic E-state index is 13.7. The largest absolute Gasteiger partial charge is 0.337 e. The maximum Gasteiger partial charge on any atom is 0.224 e. The topological polar surface area (TPSA) is 46.3 Å². The summed E-state index contributed by atoms with van der Waals surface area (Å²) in [6, 6.07) is 4.23. The zero-order valence-corrected chi connectivity index (χ0v) is 9.40. The molecular weight excluding hydrogens is 207 g/mol. The van der Waals surface area contributed by atoms with Gasteiger partial charge in [0.1, 0.15) is 5.82 Å². The first-order valence-electron chi connectivity index (χ1n) is 5.28. The average molecular weight is 222 g/mol. The average Bonchev–Trinajstić information content (AvgIpc) is 2.46. The van der Waals surface area contributed by atoms with E-state index in [1.54, 1.807) is 19.2 Å². The molecular formula is C12H15FN2O. The minimum absolute atomic E-state index is 0.0293. The van der Waals surface area contributed by atoms with Crippen LogP contribution in [-0.2, 0) is 4.79 Å². The van der Waals surface area contributed by atoms with Crippen molar-refractivity contribution in [2.75, 3.05) is 7.05 Å². The van der Waals surface area contributed by atoms with Crippen molar-refractivity contribution in [3.63, 3.8) is 0 Å². The first-order chi connectivity index (χ1) is 7.50. The molecule has 0 bridgehead atoms. The summed E-state index contributed by atoms with van der Waals surface area (Å²) in [5.74, 6) is -0.328. The minimum Gasteiger partial charge on any atom is -0.337 e. The molecule has 2 atom stereocenters. The van der Waals surface area contributed by atoms with Crippen molar-refractivity contribution < 1.29 is 9.18 Å². The number of nitrogens with zero attached hydrogens (tertiary/aromatic N) is 1. The Balaban J connectivity index is 2.43.